The second-order valence-electron chi connectivity index (χ2n) is 9.70. The van der Waals surface area contributed by atoms with E-state index in [4.69, 9.17) is 9.84 Å². The van der Waals surface area contributed by atoms with Crippen LogP contribution < -0.4 is 10.9 Å². The maximum absolute atomic E-state index is 13.1. The van der Waals surface area contributed by atoms with Gasteiger partial charge in [0.1, 0.15) is 0 Å². The zero-order chi connectivity index (χ0) is 25.3. The molecule has 1 amide bonds. The third-order valence-corrected chi connectivity index (χ3v) is 8.02. The van der Waals surface area contributed by atoms with E-state index < -0.39 is 20.7 Å². The van der Waals surface area contributed by atoms with Crippen molar-refractivity contribution in [3.63, 3.8) is 0 Å². The van der Waals surface area contributed by atoms with E-state index in [9.17, 15) is 18.0 Å². The molecule has 0 fully saturated rings. The number of hydrazine groups is 1. The highest BCUT2D eigenvalue weighted by molar-refractivity contribution is 7.91. The molecule has 0 heterocycles. The summed E-state index contributed by atoms with van der Waals surface area (Å²) >= 11 is 0. The van der Waals surface area contributed by atoms with E-state index in [1.165, 1.54) is 7.11 Å². The molecule has 0 aliphatic heterocycles. The Morgan fingerprint density at radius 2 is 1.85 bits per heavy atom. The van der Waals surface area contributed by atoms with Gasteiger partial charge in [0, 0.05) is 7.05 Å². The van der Waals surface area contributed by atoms with Crippen LogP contribution in [0.25, 0.3) is 0 Å². The summed E-state index contributed by atoms with van der Waals surface area (Å²) in [7, 11) is -0.343. The molecule has 0 spiro atoms. The molecule has 3 N–H and O–H groups in total. The van der Waals surface area contributed by atoms with Crippen LogP contribution in [0.5, 0.6) is 0 Å². The zero-order valence-electron chi connectivity index (χ0n) is 20.7. The molecule has 0 bridgehead atoms. The molecule has 0 saturated heterocycles. The van der Waals surface area contributed by atoms with E-state index in [-0.39, 0.29) is 35.9 Å². The highest BCUT2D eigenvalue weighted by Gasteiger charge is 2.36. The van der Waals surface area contributed by atoms with Crippen LogP contribution in [0.1, 0.15) is 58.1 Å². The van der Waals surface area contributed by atoms with Gasteiger partial charge < -0.3 is 9.84 Å². The van der Waals surface area contributed by atoms with Gasteiger partial charge in [-0.15, -0.1) is 0 Å². The van der Waals surface area contributed by atoms with Gasteiger partial charge in [0.2, 0.25) is 5.91 Å². The Balaban J connectivity index is 3.06. The first-order valence-electron chi connectivity index (χ1n) is 11.3. The fourth-order valence-corrected chi connectivity index (χ4v) is 5.88. The molecule has 0 saturated carbocycles. The van der Waals surface area contributed by atoms with Crippen LogP contribution in [0.15, 0.2) is 24.3 Å². The van der Waals surface area contributed by atoms with Crippen molar-refractivity contribution in [2.45, 2.75) is 58.8 Å². The van der Waals surface area contributed by atoms with Gasteiger partial charge in [0.25, 0.3) is 0 Å². The number of hydrogen-bond acceptors (Lipinski definition) is 7. The predicted octanol–water partition coefficient (Wildman–Crippen LogP) is 2.15. The van der Waals surface area contributed by atoms with Crippen LogP contribution in [0.3, 0.4) is 0 Å². The zero-order valence-corrected chi connectivity index (χ0v) is 21.5. The second-order valence-corrected chi connectivity index (χ2v) is 11.9. The summed E-state index contributed by atoms with van der Waals surface area (Å²) in [6, 6.07) is 7.66. The molecule has 188 valence electrons. The SMILES string of the molecule is CNNC(=O)[C@](C)(CCCC(C)(C)CS(=O)(=O)CCO)c1cccc(C[C@@H](C)C(=O)OC)c1. The minimum absolute atomic E-state index is 0.0130. The second kappa shape index (κ2) is 12.5. The van der Waals surface area contributed by atoms with Gasteiger partial charge in [0.15, 0.2) is 9.84 Å². The van der Waals surface area contributed by atoms with Gasteiger partial charge >= 0.3 is 5.97 Å². The molecule has 0 aliphatic carbocycles. The number of esters is 1. The highest BCUT2D eigenvalue weighted by atomic mass is 32.2. The lowest BCUT2D eigenvalue weighted by Crippen LogP contribution is -2.47. The molecule has 2 atom stereocenters. The molecule has 0 radical (unpaired) electrons. The molecule has 0 aliphatic rings. The molecule has 0 aromatic heterocycles. The first kappa shape index (κ1) is 29.1. The number of aliphatic hydroxyl groups is 1. The number of carbonyl (C=O) groups excluding carboxylic acids is 2. The summed E-state index contributed by atoms with van der Waals surface area (Å²) < 4.78 is 29.1. The fourth-order valence-electron chi connectivity index (χ4n) is 4.12. The molecule has 0 unspecified atom stereocenters. The van der Waals surface area contributed by atoms with Gasteiger partial charge in [-0.1, -0.05) is 51.5 Å². The fraction of sp³-hybridized carbons (Fsp3) is 0.667. The third-order valence-electron chi connectivity index (χ3n) is 5.99. The average Bonchev–Trinajstić information content (AvgIpc) is 2.72. The number of benzene rings is 1. The number of nitrogens with one attached hydrogen (secondary N) is 2. The lowest BCUT2D eigenvalue weighted by atomic mass is 9.75. The largest absolute Gasteiger partial charge is 0.469 e. The van der Waals surface area contributed by atoms with E-state index >= 15 is 0 Å². The molecule has 1 aromatic carbocycles. The van der Waals surface area contributed by atoms with E-state index in [2.05, 4.69) is 10.9 Å². The van der Waals surface area contributed by atoms with Crippen LogP contribution in [-0.2, 0) is 36.0 Å². The number of methoxy groups -OCH3 is 1. The Labute approximate surface area is 198 Å². The van der Waals surface area contributed by atoms with E-state index in [1.807, 2.05) is 45.0 Å². The van der Waals surface area contributed by atoms with Crippen molar-refractivity contribution in [1.29, 1.82) is 0 Å². The minimum Gasteiger partial charge on any atom is -0.469 e. The van der Waals surface area contributed by atoms with Crippen LogP contribution in [0, 0.1) is 11.3 Å². The summed E-state index contributed by atoms with van der Waals surface area (Å²) in [5, 5.41) is 8.99. The van der Waals surface area contributed by atoms with E-state index in [0.717, 1.165) is 11.1 Å². The van der Waals surface area contributed by atoms with Crippen molar-refractivity contribution in [2.24, 2.45) is 11.3 Å². The Morgan fingerprint density at radius 1 is 1.18 bits per heavy atom. The first-order valence-corrected chi connectivity index (χ1v) is 13.1. The Kier molecular flexibility index (Phi) is 11.0. The number of ether oxygens (including phenoxy) is 1. The molecule has 1 rings (SSSR count). The Morgan fingerprint density at radius 3 is 2.42 bits per heavy atom. The summed E-state index contributed by atoms with van der Waals surface area (Å²) in [6.07, 6.45) is 2.26. The van der Waals surface area contributed by atoms with Gasteiger partial charge in [0.05, 0.1) is 36.6 Å². The number of rotatable bonds is 14. The monoisotopic (exact) mass is 484 g/mol. The third kappa shape index (κ3) is 9.06. The number of sulfone groups is 1. The normalized spacial score (nSPS) is 14.9. The molecular weight excluding hydrogens is 444 g/mol. The Bertz CT molecular complexity index is 900. The highest BCUT2D eigenvalue weighted by Crippen LogP contribution is 2.34. The average molecular weight is 485 g/mol. The number of amides is 1. The standard InChI is InChI=1S/C24H40N2O6S/c1-18(21(28)32-6)15-19-9-7-10-20(16-19)24(4,22(29)26-25-5)12-8-11-23(2,3)17-33(30,31)14-13-27/h7,9-10,16,18,25,27H,8,11-15,17H2,1-6H3,(H,26,29)/t18-,24-/m1/s1. The van der Waals surface area contributed by atoms with Gasteiger partial charge in [-0.3, -0.25) is 15.0 Å². The maximum Gasteiger partial charge on any atom is 0.308 e. The number of aliphatic hydroxyl groups excluding tert-OH is 1. The summed E-state index contributed by atoms with van der Waals surface area (Å²) in [4.78, 5) is 24.9. The van der Waals surface area contributed by atoms with Crippen molar-refractivity contribution in [3.05, 3.63) is 35.4 Å². The van der Waals surface area contributed by atoms with Crippen molar-refractivity contribution in [2.75, 3.05) is 32.3 Å². The summed E-state index contributed by atoms with van der Waals surface area (Å²) in [5.41, 5.74) is 5.82. The number of carbonyl (C=O) groups is 2. The van der Waals surface area contributed by atoms with E-state index in [1.54, 1.807) is 14.0 Å². The van der Waals surface area contributed by atoms with E-state index in [0.29, 0.717) is 25.7 Å². The molecular formula is C24H40N2O6S. The van der Waals surface area contributed by atoms with Crippen LogP contribution in [-0.4, -0.2) is 57.7 Å². The smallest absolute Gasteiger partial charge is 0.308 e. The maximum atomic E-state index is 13.1. The van der Waals surface area contributed by atoms with Crippen molar-refractivity contribution in [3.8, 4) is 0 Å². The summed E-state index contributed by atoms with van der Waals surface area (Å²) in [6.45, 7) is 7.07. The number of hydrogen-bond donors (Lipinski definition) is 3. The van der Waals surface area contributed by atoms with Crippen molar-refractivity contribution >= 4 is 21.7 Å². The lowest BCUT2D eigenvalue weighted by molar-refractivity contribution is -0.144. The minimum atomic E-state index is -3.34. The topological polar surface area (TPSA) is 122 Å². The van der Waals surface area contributed by atoms with Gasteiger partial charge in [-0.2, -0.15) is 0 Å². The van der Waals surface area contributed by atoms with Crippen LogP contribution in [0.2, 0.25) is 0 Å². The Hall–Kier alpha value is -1.97. The van der Waals surface area contributed by atoms with Crippen LogP contribution in [0.4, 0.5) is 0 Å². The van der Waals surface area contributed by atoms with Crippen LogP contribution >= 0.6 is 0 Å². The lowest BCUT2D eigenvalue weighted by Gasteiger charge is -2.31. The van der Waals surface area contributed by atoms with Gasteiger partial charge in [-0.05, 0) is 42.7 Å². The molecule has 33 heavy (non-hydrogen) atoms. The quantitative estimate of drug-likeness (QED) is 0.273. The summed E-state index contributed by atoms with van der Waals surface area (Å²) in [5.74, 6) is -1.02. The molecule has 9 heteroatoms. The predicted molar refractivity (Wildman–Crippen MR) is 129 cm³/mol. The molecule has 8 nitrogen and oxygen atoms in total. The van der Waals surface area contributed by atoms with Crippen molar-refractivity contribution < 1.29 is 27.9 Å². The van der Waals surface area contributed by atoms with Crippen molar-refractivity contribution in [1.82, 2.24) is 10.9 Å². The molecule has 1 aromatic rings. The van der Waals surface area contributed by atoms with Gasteiger partial charge in [-0.25, -0.2) is 13.8 Å². The first-order chi connectivity index (χ1) is 15.3.